The summed E-state index contributed by atoms with van der Waals surface area (Å²) < 4.78 is 1.07. The average Bonchev–Trinajstić information content (AvgIpc) is 3.24. The van der Waals surface area contributed by atoms with E-state index in [0.717, 1.165) is 10.1 Å². The van der Waals surface area contributed by atoms with Crippen molar-refractivity contribution in [1.29, 1.82) is 0 Å². The molecule has 1 aliphatic carbocycles. The zero-order valence-electron chi connectivity index (χ0n) is 13.0. The predicted octanol–water partition coefficient (Wildman–Crippen LogP) is 3.05. The van der Waals surface area contributed by atoms with E-state index in [1.165, 1.54) is 43.5 Å². The molecule has 3 aromatic rings. The second kappa shape index (κ2) is 5.63. The molecule has 0 aliphatic heterocycles. The highest BCUT2D eigenvalue weighted by molar-refractivity contribution is 5.94. The van der Waals surface area contributed by atoms with Crippen molar-refractivity contribution < 1.29 is 9.90 Å². The molecule has 0 bridgehead atoms. The van der Waals surface area contributed by atoms with Crippen molar-refractivity contribution in [3.8, 4) is 11.3 Å². The quantitative estimate of drug-likeness (QED) is 0.775. The number of aromatic carboxylic acids is 1. The maximum absolute atomic E-state index is 12.2. The smallest absolute Gasteiger partial charge is 0.341 e. The fraction of sp³-hybridized carbons (Fsp3) is 0.278. The van der Waals surface area contributed by atoms with Crippen molar-refractivity contribution in [2.75, 3.05) is 0 Å². The van der Waals surface area contributed by atoms with Crippen LogP contribution in [0.15, 0.2) is 41.3 Å². The number of nitrogens with one attached hydrogen (secondary N) is 1. The van der Waals surface area contributed by atoms with Crippen LogP contribution < -0.4 is 5.56 Å². The van der Waals surface area contributed by atoms with Crippen molar-refractivity contribution in [3.05, 3.63) is 58.0 Å². The van der Waals surface area contributed by atoms with Gasteiger partial charge in [0.25, 0.3) is 5.56 Å². The van der Waals surface area contributed by atoms with Crippen LogP contribution in [-0.4, -0.2) is 25.7 Å². The van der Waals surface area contributed by atoms with Crippen molar-refractivity contribution in [3.63, 3.8) is 0 Å². The van der Waals surface area contributed by atoms with E-state index in [4.69, 9.17) is 0 Å². The Labute approximate surface area is 137 Å². The van der Waals surface area contributed by atoms with Gasteiger partial charge < -0.3 is 10.1 Å². The lowest BCUT2D eigenvalue weighted by molar-refractivity contribution is 0.0699. The molecule has 6 heteroatoms. The lowest BCUT2D eigenvalue weighted by atomic mass is 9.96. The third-order valence-electron chi connectivity index (χ3n) is 4.78. The van der Waals surface area contributed by atoms with E-state index >= 15 is 0 Å². The van der Waals surface area contributed by atoms with E-state index in [0.29, 0.717) is 11.6 Å². The number of carboxylic acids is 1. The summed E-state index contributed by atoms with van der Waals surface area (Å²) in [5.74, 6) is -0.483. The maximum atomic E-state index is 12.2. The Balaban J connectivity index is 1.77. The van der Waals surface area contributed by atoms with E-state index in [1.807, 2.05) is 12.1 Å². The van der Waals surface area contributed by atoms with E-state index < -0.39 is 5.97 Å². The molecule has 1 aromatic carbocycles. The minimum absolute atomic E-state index is 0.0171. The molecule has 122 valence electrons. The first-order valence-electron chi connectivity index (χ1n) is 8.08. The number of benzene rings is 1. The largest absolute Gasteiger partial charge is 0.477 e. The third kappa shape index (κ3) is 2.40. The summed E-state index contributed by atoms with van der Waals surface area (Å²) in [6.07, 6.45) is 6.23. The molecule has 0 amide bonds. The Morgan fingerprint density at radius 1 is 1.21 bits per heavy atom. The summed E-state index contributed by atoms with van der Waals surface area (Å²) >= 11 is 0. The first-order chi connectivity index (χ1) is 11.6. The highest BCUT2D eigenvalue weighted by Crippen LogP contribution is 2.34. The molecule has 6 nitrogen and oxygen atoms in total. The number of H-pyrrole nitrogens is 1. The standard InChI is InChI=1S/C18H17N3O3/c22-16-9-15(20-17-14(18(23)24)10-19-21(16)17)13-7-5-12(6-8-13)11-3-1-2-4-11/h5-11,20H,1-4H2,(H,23,24). The fourth-order valence-electron chi connectivity index (χ4n) is 3.49. The lowest BCUT2D eigenvalue weighted by Crippen LogP contribution is -2.15. The van der Waals surface area contributed by atoms with E-state index in [9.17, 15) is 14.7 Å². The van der Waals surface area contributed by atoms with E-state index in [-0.39, 0.29) is 16.8 Å². The highest BCUT2D eigenvalue weighted by atomic mass is 16.4. The first-order valence-corrected chi connectivity index (χ1v) is 8.08. The van der Waals surface area contributed by atoms with Crippen LogP contribution in [0.3, 0.4) is 0 Å². The zero-order valence-corrected chi connectivity index (χ0v) is 13.0. The van der Waals surface area contributed by atoms with Gasteiger partial charge in [0.2, 0.25) is 0 Å². The van der Waals surface area contributed by atoms with Gasteiger partial charge in [0.15, 0.2) is 5.65 Å². The van der Waals surface area contributed by atoms with Crippen LogP contribution in [0.1, 0.15) is 47.5 Å². The molecule has 0 saturated heterocycles. The number of hydrogen-bond donors (Lipinski definition) is 2. The molecule has 4 rings (SSSR count). The summed E-state index contributed by atoms with van der Waals surface area (Å²) in [7, 11) is 0. The van der Waals surface area contributed by atoms with Crippen LogP contribution in [0.5, 0.6) is 0 Å². The number of nitrogens with zero attached hydrogens (tertiary/aromatic N) is 2. The summed E-state index contributed by atoms with van der Waals surface area (Å²) in [4.78, 5) is 26.4. The van der Waals surface area contributed by atoms with Crippen molar-refractivity contribution in [2.24, 2.45) is 0 Å². The number of carboxylic acid groups (broad SMARTS) is 1. The molecule has 2 aromatic heterocycles. The van der Waals surface area contributed by atoms with Crippen molar-refractivity contribution in [2.45, 2.75) is 31.6 Å². The van der Waals surface area contributed by atoms with Gasteiger partial charge >= 0.3 is 5.97 Å². The molecule has 1 aliphatic rings. The first kappa shape index (κ1) is 14.7. The van der Waals surface area contributed by atoms with Gasteiger partial charge in [0, 0.05) is 6.07 Å². The van der Waals surface area contributed by atoms with Crippen LogP contribution >= 0.6 is 0 Å². The molecule has 2 N–H and O–H groups in total. The second-order valence-corrected chi connectivity index (χ2v) is 6.25. The normalized spacial score (nSPS) is 15.2. The van der Waals surface area contributed by atoms with Crippen LogP contribution in [0, 0.1) is 0 Å². The summed E-state index contributed by atoms with van der Waals surface area (Å²) in [6.45, 7) is 0. The SMILES string of the molecule is O=C(O)c1cnn2c(=O)cc(-c3ccc(C4CCCC4)cc3)[nH]c12. The minimum atomic E-state index is -1.12. The predicted molar refractivity (Wildman–Crippen MR) is 89.4 cm³/mol. The molecular weight excluding hydrogens is 306 g/mol. The molecule has 24 heavy (non-hydrogen) atoms. The second-order valence-electron chi connectivity index (χ2n) is 6.25. The van der Waals surface area contributed by atoms with E-state index in [1.54, 1.807) is 0 Å². The molecule has 0 unspecified atom stereocenters. The van der Waals surface area contributed by atoms with Crippen LogP contribution in [-0.2, 0) is 0 Å². The lowest BCUT2D eigenvalue weighted by Gasteiger charge is -2.10. The molecule has 0 spiro atoms. The molecule has 1 fully saturated rings. The Morgan fingerprint density at radius 3 is 2.58 bits per heavy atom. The Kier molecular flexibility index (Phi) is 3.45. The molecule has 0 radical (unpaired) electrons. The average molecular weight is 323 g/mol. The van der Waals surface area contributed by atoms with Gasteiger partial charge in [0.1, 0.15) is 5.56 Å². The van der Waals surface area contributed by atoms with Gasteiger partial charge in [-0.1, -0.05) is 37.1 Å². The van der Waals surface area contributed by atoms with Gasteiger partial charge in [-0.2, -0.15) is 9.61 Å². The maximum Gasteiger partial charge on any atom is 0.341 e. The Morgan fingerprint density at radius 2 is 1.92 bits per heavy atom. The molecular formula is C18H17N3O3. The number of fused-ring (bicyclic) bond motifs is 1. The topological polar surface area (TPSA) is 87.5 Å². The van der Waals surface area contributed by atoms with Gasteiger partial charge in [-0.3, -0.25) is 4.79 Å². The highest BCUT2D eigenvalue weighted by Gasteiger charge is 2.17. The van der Waals surface area contributed by atoms with Gasteiger partial charge in [-0.25, -0.2) is 4.79 Å². The number of hydrogen-bond acceptors (Lipinski definition) is 3. The summed E-state index contributed by atoms with van der Waals surface area (Å²) in [6, 6.07) is 9.60. The van der Waals surface area contributed by atoms with Crippen molar-refractivity contribution in [1.82, 2.24) is 14.6 Å². The van der Waals surface area contributed by atoms with Crippen LogP contribution in [0.2, 0.25) is 0 Å². The van der Waals surface area contributed by atoms with Crippen molar-refractivity contribution >= 4 is 11.6 Å². The number of carbonyl (C=O) groups is 1. The third-order valence-corrected chi connectivity index (χ3v) is 4.78. The Hall–Kier alpha value is -2.89. The zero-order chi connectivity index (χ0) is 16.7. The molecule has 1 saturated carbocycles. The van der Waals surface area contributed by atoms with Crippen LogP contribution in [0.25, 0.3) is 16.9 Å². The number of aromatic amines is 1. The fourth-order valence-corrected chi connectivity index (χ4v) is 3.49. The minimum Gasteiger partial charge on any atom is -0.477 e. The number of rotatable bonds is 3. The molecule has 0 atom stereocenters. The summed E-state index contributed by atoms with van der Waals surface area (Å²) in [5.41, 5.74) is 2.60. The van der Waals surface area contributed by atoms with E-state index in [2.05, 4.69) is 22.2 Å². The monoisotopic (exact) mass is 323 g/mol. The Bertz CT molecular complexity index is 963. The van der Waals surface area contributed by atoms with Crippen LogP contribution in [0.4, 0.5) is 0 Å². The molecule has 2 heterocycles. The van der Waals surface area contributed by atoms with Gasteiger partial charge in [0.05, 0.1) is 11.9 Å². The van der Waals surface area contributed by atoms with Gasteiger partial charge in [-0.15, -0.1) is 0 Å². The van der Waals surface area contributed by atoms with Gasteiger partial charge in [-0.05, 0) is 29.9 Å². The number of aromatic nitrogens is 3. The summed E-state index contributed by atoms with van der Waals surface area (Å²) in [5, 5.41) is 13.0.